The minimum absolute atomic E-state index is 0.362. The predicted octanol–water partition coefficient (Wildman–Crippen LogP) is 1.99. The first kappa shape index (κ1) is 13.5. The highest BCUT2D eigenvalue weighted by atomic mass is 16.4. The molecule has 5 nitrogen and oxygen atoms in total. The summed E-state index contributed by atoms with van der Waals surface area (Å²) in [6.07, 6.45) is 0.835. The van der Waals surface area contributed by atoms with Gasteiger partial charge in [-0.1, -0.05) is 13.0 Å². The Morgan fingerprint density at radius 3 is 3.05 bits per heavy atom. The van der Waals surface area contributed by atoms with Crippen LogP contribution in [0.1, 0.15) is 18.4 Å². The first-order chi connectivity index (χ1) is 9.06. The van der Waals surface area contributed by atoms with Crippen molar-refractivity contribution in [2.45, 2.75) is 20.3 Å². The van der Waals surface area contributed by atoms with E-state index in [1.54, 1.807) is 6.92 Å². The number of rotatable bonds is 6. The second-order valence-electron chi connectivity index (χ2n) is 4.73. The Hall–Kier alpha value is -1.88. The minimum atomic E-state index is -0.772. The standard InChI is InChI=1S/C14H18N2O3/c1-9(14(17)18)8-15-6-5-11-3-4-12-13(7-11)19-10(2)16-12/h3-4,7,9,15H,5-6,8H2,1-2H3,(H,17,18). The number of aromatic nitrogens is 1. The van der Waals surface area contributed by atoms with Crippen LogP contribution in [0.15, 0.2) is 22.6 Å². The lowest BCUT2D eigenvalue weighted by atomic mass is 10.1. The van der Waals surface area contributed by atoms with E-state index in [0.717, 1.165) is 29.6 Å². The lowest BCUT2D eigenvalue weighted by Gasteiger charge is -2.08. The molecule has 2 aromatic rings. The molecule has 0 aliphatic rings. The molecule has 2 N–H and O–H groups in total. The number of fused-ring (bicyclic) bond motifs is 1. The highest BCUT2D eigenvalue weighted by Crippen LogP contribution is 2.16. The van der Waals surface area contributed by atoms with E-state index in [9.17, 15) is 4.79 Å². The number of aryl methyl sites for hydroxylation is 1. The second-order valence-corrected chi connectivity index (χ2v) is 4.73. The third kappa shape index (κ3) is 3.54. The molecule has 1 aromatic carbocycles. The van der Waals surface area contributed by atoms with Crippen molar-refractivity contribution in [3.8, 4) is 0 Å². The summed E-state index contributed by atoms with van der Waals surface area (Å²) in [6, 6.07) is 5.95. The Bertz CT molecular complexity index is 577. The van der Waals surface area contributed by atoms with Crippen LogP contribution in [0.2, 0.25) is 0 Å². The van der Waals surface area contributed by atoms with E-state index < -0.39 is 5.97 Å². The third-order valence-electron chi connectivity index (χ3n) is 3.02. The summed E-state index contributed by atoms with van der Waals surface area (Å²) in [5, 5.41) is 11.9. The van der Waals surface area contributed by atoms with Gasteiger partial charge in [-0.15, -0.1) is 0 Å². The summed E-state index contributed by atoms with van der Waals surface area (Å²) >= 11 is 0. The smallest absolute Gasteiger partial charge is 0.307 e. The molecule has 0 aliphatic heterocycles. The maximum absolute atomic E-state index is 10.7. The summed E-state index contributed by atoms with van der Waals surface area (Å²) in [6.45, 7) is 4.75. The summed E-state index contributed by atoms with van der Waals surface area (Å²) < 4.78 is 5.48. The van der Waals surface area contributed by atoms with E-state index in [1.807, 2.05) is 25.1 Å². The van der Waals surface area contributed by atoms with E-state index in [1.165, 1.54) is 0 Å². The van der Waals surface area contributed by atoms with Gasteiger partial charge in [-0.3, -0.25) is 4.79 Å². The molecule has 1 aromatic heterocycles. The maximum atomic E-state index is 10.7. The Labute approximate surface area is 111 Å². The predicted molar refractivity (Wildman–Crippen MR) is 72.1 cm³/mol. The molecule has 5 heteroatoms. The zero-order chi connectivity index (χ0) is 13.8. The van der Waals surface area contributed by atoms with Gasteiger partial charge in [0.2, 0.25) is 0 Å². The Kier molecular flexibility index (Phi) is 4.16. The Morgan fingerprint density at radius 1 is 1.53 bits per heavy atom. The fourth-order valence-corrected chi connectivity index (χ4v) is 1.88. The highest BCUT2D eigenvalue weighted by molar-refractivity contribution is 5.73. The van der Waals surface area contributed by atoms with Gasteiger partial charge in [-0.25, -0.2) is 4.98 Å². The van der Waals surface area contributed by atoms with Crippen LogP contribution in [-0.4, -0.2) is 29.1 Å². The van der Waals surface area contributed by atoms with Gasteiger partial charge in [0.15, 0.2) is 11.5 Å². The van der Waals surface area contributed by atoms with Gasteiger partial charge >= 0.3 is 5.97 Å². The van der Waals surface area contributed by atoms with Crippen LogP contribution >= 0.6 is 0 Å². The normalized spacial score (nSPS) is 12.7. The number of benzene rings is 1. The fraction of sp³-hybridized carbons (Fsp3) is 0.429. The van der Waals surface area contributed by atoms with Crippen LogP contribution in [0.5, 0.6) is 0 Å². The van der Waals surface area contributed by atoms with Gasteiger partial charge in [0, 0.05) is 13.5 Å². The molecule has 0 saturated carbocycles. The molecule has 0 amide bonds. The highest BCUT2D eigenvalue weighted by Gasteiger charge is 2.09. The molecule has 0 saturated heterocycles. The fourth-order valence-electron chi connectivity index (χ4n) is 1.88. The number of carboxylic acid groups (broad SMARTS) is 1. The minimum Gasteiger partial charge on any atom is -0.481 e. The molecule has 102 valence electrons. The van der Waals surface area contributed by atoms with E-state index in [0.29, 0.717) is 12.4 Å². The van der Waals surface area contributed by atoms with Crippen LogP contribution in [0, 0.1) is 12.8 Å². The van der Waals surface area contributed by atoms with Gasteiger partial charge in [0.05, 0.1) is 5.92 Å². The third-order valence-corrected chi connectivity index (χ3v) is 3.02. The average Bonchev–Trinajstić information content (AvgIpc) is 2.73. The van der Waals surface area contributed by atoms with Crippen LogP contribution in [0.25, 0.3) is 11.1 Å². The van der Waals surface area contributed by atoms with Crippen molar-refractivity contribution < 1.29 is 14.3 Å². The second kappa shape index (κ2) is 5.84. The van der Waals surface area contributed by atoms with Gasteiger partial charge in [-0.05, 0) is 30.7 Å². The van der Waals surface area contributed by atoms with E-state index in [4.69, 9.17) is 9.52 Å². The number of carboxylic acids is 1. The average molecular weight is 262 g/mol. The van der Waals surface area contributed by atoms with Crippen LogP contribution in [0.3, 0.4) is 0 Å². The lowest BCUT2D eigenvalue weighted by molar-refractivity contribution is -0.140. The van der Waals surface area contributed by atoms with Crippen LogP contribution < -0.4 is 5.32 Å². The van der Waals surface area contributed by atoms with Gasteiger partial charge in [0.25, 0.3) is 0 Å². The van der Waals surface area contributed by atoms with Crippen molar-refractivity contribution in [1.29, 1.82) is 0 Å². The first-order valence-corrected chi connectivity index (χ1v) is 6.36. The van der Waals surface area contributed by atoms with Crippen LogP contribution in [-0.2, 0) is 11.2 Å². The summed E-state index contributed by atoms with van der Waals surface area (Å²) in [7, 11) is 0. The van der Waals surface area contributed by atoms with E-state index in [2.05, 4.69) is 10.3 Å². The van der Waals surface area contributed by atoms with Gasteiger partial charge in [-0.2, -0.15) is 0 Å². The lowest BCUT2D eigenvalue weighted by Crippen LogP contribution is -2.27. The largest absolute Gasteiger partial charge is 0.481 e. The van der Waals surface area contributed by atoms with Crippen molar-refractivity contribution in [2.75, 3.05) is 13.1 Å². The number of carbonyl (C=O) groups is 1. The van der Waals surface area contributed by atoms with Crippen molar-refractivity contribution in [1.82, 2.24) is 10.3 Å². The molecule has 0 aliphatic carbocycles. The Balaban J connectivity index is 1.86. The van der Waals surface area contributed by atoms with Gasteiger partial charge in [0.1, 0.15) is 5.52 Å². The number of hydrogen-bond donors (Lipinski definition) is 2. The van der Waals surface area contributed by atoms with Crippen molar-refractivity contribution >= 4 is 17.1 Å². The maximum Gasteiger partial charge on any atom is 0.307 e. The van der Waals surface area contributed by atoms with E-state index >= 15 is 0 Å². The number of aliphatic carboxylic acids is 1. The summed E-state index contributed by atoms with van der Waals surface area (Å²) in [4.78, 5) is 14.9. The zero-order valence-electron chi connectivity index (χ0n) is 11.1. The molecular weight excluding hydrogens is 244 g/mol. The van der Waals surface area contributed by atoms with Gasteiger partial charge < -0.3 is 14.8 Å². The van der Waals surface area contributed by atoms with Crippen LogP contribution in [0.4, 0.5) is 0 Å². The number of hydrogen-bond acceptors (Lipinski definition) is 4. The monoisotopic (exact) mass is 262 g/mol. The van der Waals surface area contributed by atoms with Crippen molar-refractivity contribution in [3.05, 3.63) is 29.7 Å². The summed E-state index contributed by atoms with van der Waals surface area (Å²) in [5.74, 6) is -0.467. The molecule has 2 rings (SSSR count). The Morgan fingerprint density at radius 2 is 2.32 bits per heavy atom. The number of oxazole rings is 1. The van der Waals surface area contributed by atoms with E-state index in [-0.39, 0.29) is 5.92 Å². The number of nitrogens with zero attached hydrogens (tertiary/aromatic N) is 1. The molecule has 1 unspecified atom stereocenters. The quantitative estimate of drug-likeness (QED) is 0.779. The van der Waals surface area contributed by atoms with Crippen molar-refractivity contribution in [3.63, 3.8) is 0 Å². The molecule has 0 bridgehead atoms. The molecule has 1 atom stereocenters. The topological polar surface area (TPSA) is 75.4 Å². The van der Waals surface area contributed by atoms with Crippen molar-refractivity contribution in [2.24, 2.45) is 5.92 Å². The molecular formula is C14H18N2O3. The molecule has 0 fully saturated rings. The first-order valence-electron chi connectivity index (χ1n) is 6.36. The molecule has 19 heavy (non-hydrogen) atoms. The molecule has 1 heterocycles. The SMILES string of the molecule is Cc1nc2ccc(CCNCC(C)C(=O)O)cc2o1. The molecule has 0 radical (unpaired) electrons. The zero-order valence-corrected chi connectivity index (χ0v) is 11.1. The number of nitrogens with one attached hydrogen (secondary N) is 1. The summed E-state index contributed by atoms with van der Waals surface area (Å²) in [5.41, 5.74) is 2.82. The molecule has 0 spiro atoms.